The summed E-state index contributed by atoms with van der Waals surface area (Å²) in [7, 11) is 0. The number of carbonyl (C=O) groups excluding carboxylic acids is 1. The Balaban J connectivity index is 2.03. The summed E-state index contributed by atoms with van der Waals surface area (Å²) in [5.74, 6) is -0.237. The number of benzene rings is 1. The van der Waals surface area contributed by atoms with E-state index in [1.54, 1.807) is 28.7 Å². The van der Waals surface area contributed by atoms with Crippen molar-refractivity contribution < 1.29 is 4.79 Å². The molecule has 120 valence electrons. The van der Waals surface area contributed by atoms with Gasteiger partial charge in [-0.15, -0.1) is 0 Å². The van der Waals surface area contributed by atoms with E-state index in [1.165, 1.54) is 0 Å². The summed E-state index contributed by atoms with van der Waals surface area (Å²) in [6, 6.07) is 12.7. The molecule has 0 aliphatic rings. The molecule has 1 amide bonds. The Morgan fingerprint density at radius 2 is 2.21 bits per heavy atom. The van der Waals surface area contributed by atoms with Gasteiger partial charge < -0.3 is 5.32 Å². The lowest BCUT2D eigenvalue weighted by molar-refractivity contribution is 0.102. The quantitative estimate of drug-likeness (QED) is 0.735. The van der Waals surface area contributed by atoms with Gasteiger partial charge in [0.15, 0.2) is 0 Å². The lowest BCUT2D eigenvalue weighted by Gasteiger charge is -2.07. The minimum absolute atomic E-state index is 0.237. The van der Waals surface area contributed by atoms with Crippen molar-refractivity contribution in [2.75, 3.05) is 5.32 Å². The van der Waals surface area contributed by atoms with E-state index in [0.29, 0.717) is 16.9 Å². The molecule has 0 bridgehead atoms. The van der Waals surface area contributed by atoms with Crippen molar-refractivity contribution in [3.05, 3.63) is 64.0 Å². The van der Waals surface area contributed by atoms with Crippen molar-refractivity contribution >= 4 is 33.2 Å². The molecule has 3 rings (SSSR count). The lowest BCUT2D eigenvalue weighted by atomic mass is 10.2. The number of anilines is 1. The minimum atomic E-state index is -0.237. The molecule has 2 aromatic heterocycles. The molecule has 1 aromatic carbocycles. The number of aromatic nitrogens is 2. The van der Waals surface area contributed by atoms with Crippen LogP contribution >= 0.6 is 15.9 Å². The number of imidazole rings is 1. The first-order valence-corrected chi connectivity index (χ1v) is 8.39. The topological polar surface area (TPSA) is 70.2 Å². The van der Waals surface area contributed by atoms with Gasteiger partial charge in [-0.05, 0) is 52.7 Å². The van der Waals surface area contributed by atoms with E-state index in [2.05, 4.69) is 39.2 Å². The second kappa shape index (κ2) is 6.85. The average Bonchev–Trinajstić information content (AvgIpc) is 2.92. The van der Waals surface area contributed by atoms with Crippen LogP contribution in [0.1, 0.15) is 35.1 Å². The van der Waals surface area contributed by atoms with Crippen LogP contribution < -0.4 is 5.32 Å². The van der Waals surface area contributed by atoms with Gasteiger partial charge in [0.25, 0.3) is 5.91 Å². The largest absolute Gasteiger partial charge is 0.321 e. The van der Waals surface area contributed by atoms with Gasteiger partial charge in [0, 0.05) is 16.4 Å². The molecule has 6 heteroatoms. The number of nitriles is 1. The summed E-state index contributed by atoms with van der Waals surface area (Å²) < 4.78 is 2.66. The van der Waals surface area contributed by atoms with Crippen LogP contribution in [0, 0.1) is 11.3 Å². The summed E-state index contributed by atoms with van der Waals surface area (Å²) in [6.07, 6.45) is 3.46. The molecule has 0 atom stereocenters. The molecular weight excluding hydrogens is 368 g/mol. The van der Waals surface area contributed by atoms with E-state index in [4.69, 9.17) is 5.26 Å². The van der Waals surface area contributed by atoms with Gasteiger partial charge in [-0.1, -0.05) is 19.4 Å². The van der Waals surface area contributed by atoms with Gasteiger partial charge >= 0.3 is 0 Å². The Hall–Kier alpha value is -2.65. The monoisotopic (exact) mass is 382 g/mol. The van der Waals surface area contributed by atoms with Crippen LogP contribution in [-0.4, -0.2) is 15.3 Å². The van der Waals surface area contributed by atoms with Gasteiger partial charge in [0.2, 0.25) is 0 Å². The molecule has 5 nitrogen and oxygen atoms in total. The highest BCUT2D eigenvalue weighted by molar-refractivity contribution is 9.10. The number of halogens is 1. The van der Waals surface area contributed by atoms with E-state index in [9.17, 15) is 4.79 Å². The first-order valence-electron chi connectivity index (χ1n) is 7.60. The van der Waals surface area contributed by atoms with Crippen molar-refractivity contribution in [1.29, 1.82) is 5.26 Å². The van der Waals surface area contributed by atoms with Crippen LogP contribution in [0.25, 0.3) is 5.65 Å². The summed E-state index contributed by atoms with van der Waals surface area (Å²) >= 11 is 3.43. The summed E-state index contributed by atoms with van der Waals surface area (Å²) in [5.41, 5.74) is 3.12. The maximum Gasteiger partial charge on any atom is 0.274 e. The molecule has 0 saturated carbocycles. The highest BCUT2D eigenvalue weighted by Crippen LogP contribution is 2.20. The molecule has 1 N–H and O–H groups in total. The number of pyridine rings is 1. The highest BCUT2D eigenvalue weighted by atomic mass is 79.9. The fourth-order valence-electron chi connectivity index (χ4n) is 2.58. The number of aryl methyl sites for hydroxylation is 1. The molecule has 0 saturated heterocycles. The second-order valence-corrected chi connectivity index (χ2v) is 6.30. The third kappa shape index (κ3) is 3.17. The summed E-state index contributed by atoms with van der Waals surface area (Å²) in [6.45, 7) is 2.05. The standard InChI is InChI=1S/C18H15BrN4O/c1-2-4-15-17(23-11-13(19)7-8-16(23)22-15)18(24)21-14-6-3-5-12(9-14)10-20/h3,5-9,11H,2,4H2,1H3,(H,21,24). The van der Waals surface area contributed by atoms with Crippen molar-refractivity contribution in [3.63, 3.8) is 0 Å². The molecule has 0 radical (unpaired) electrons. The van der Waals surface area contributed by atoms with Crippen molar-refractivity contribution in [3.8, 4) is 6.07 Å². The minimum Gasteiger partial charge on any atom is -0.321 e. The van der Waals surface area contributed by atoms with Crippen LogP contribution in [0.5, 0.6) is 0 Å². The van der Waals surface area contributed by atoms with Gasteiger partial charge in [-0.3, -0.25) is 9.20 Å². The molecule has 2 heterocycles. The Kier molecular flexibility index (Phi) is 4.63. The first-order chi connectivity index (χ1) is 11.6. The van der Waals surface area contributed by atoms with E-state index >= 15 is 0 Å². The Labute approximate surface area is 148 Å². The van der Waals surface area contributed by atoms with Crippen molar-refractivity contribution in [1.82, 2.24) is 9.38 Å². The van der Waals surface area contributed by atoms with Gasteiger partial charge in [-0.25, -0.2) is 4.98 Å². The number of hydrogen-bond acceptors (Lipinski definition) is 3. The molecule has 3 aromatic rings. The number of rotatable bonds is 4. The summed E-state index contributed by atoms with van der Waals surface area (Å²) in [5, 5.41) is 11.8. The predicted molar refractivity (Wildman–Crippen MR) is 96.0 cm³/mol. The van der Waals surface area contributed by atoms with Gasteiger partial charge in [0.1, 0.15) is 11.3 Å². The van der Waals surface area contributed by atoms with Gasteiger partial charge in [0.05, 0.1) is 17.3 Å². The zero-order valence-corrected chi connectivity index (χ0v) is 14.7. The number of fused-ring (bicyclic) bond motifs is 1. The molecule has 0 spiro atoms. The smallest absolute Gasteiger partial charge is 0.274 e. The number of nitrogens with one attached hydrogen (secondary N) is 1. The molecule has 0 aliphatic carbocycles. The number of hydrogen-bond donors (Lipinski definition) is 1. The normalized spacial score (nSPS) is 10.5. The zero-order chi connectivity index (χ0) is 17.1. The Morgan fingerprint density at radius 1 is 1.38 bits per heavy atom. The molecule has 0 unspecified atom stereocenters. The highest BCUT2D eigenvalue weighted by Gasteiger charge is 2.19. The maximum absolute atomic E-state index is 12.8. The molecule has 0 aliphatic heterocycles. The second-order valence-electron chi connectivity index (χ2n) is 5.38. The fraction of sp³-hybridized carbons (Fsp3) is 0.167. The SMILES string of the molecule is CCCc1nc2ccc(Br)cn2c1C(=O)Nc1cccc(C#N)c1. The molecule has 0 fully saturated rings. The zero-order valence-electron chi connectivity index (χ0n) is 13.1. The number of amides is 1. The van der Waals surface area contributed by atoms with Crippen LogP contribution in [0.2, 0.25) is 0 Å². The van der Waals surface area contributed by atoms with Crippen LogP contribution in [0.15, 0.2) is 47.1 Å². The average molecular weight is 383 g/mol. The predicted octanol–water partition coefficient (Wildman–Crippen LogP) is 4.17. The molecular formula is C18H15BrN4O. The van der Waals surface area contributed by atoms with Crippen molar-refractivity contribution in [2.45, 2.75) is 19.8 Å². The van der Waals surface area contributed by atoms with E-state index in [-0.39, 0.29) is 5.91 Å². The number of nitrogens with zero attached hydrogens (tertiary/aromatic N) is 3. The third-order valence-corrected chi connectivity index (χ3v) is 4.08. The van der Waals surface area contributed by atoms with E-state index in [0.717, 1.165) is 28.7 Å². The van der Waals surface area contributed by atoms with Crippen LogP contribution in [0.3, 0.4) is 0 Å². The van der Waals surface area contributed by atoms with Crippen LogP contribution in [0.4, 0.5) is 5.69 Å². The summed E-state index contributed by atoms with van der Waals surface area (Å²) in [4.78, 5) is 17.4. The van der Waals surface area contributed by atoms with Crippen molar-refractivity contribution in [2.24, 2.45) is 0 Å². The first kappa shape index (κ1) is 16.2. The lowest BCUT2D eigenvalue weighted by Crippen LogP contribution is -2.16. The van der Waals surface area contributed by atoms with Gasteiger partial charge in [-0.2, -0.15) is 5.26 Å². The van der Waals surface area contributed by atoms with E-state index < -0.39 is 0 Å². The van der Waals surface area contributed by atoms with E-state index in [1.807, 2.05) is 18.3 Å². The molecule has 24 heavy (non-hydrogen) atoms. The maximum atomic E-state index is 12.8. The van der Waals surface area contributed by atoms with Crippen LogP contribution in [-0.2, 0) is 6.42 Å². The third-order valence-electron chi connectivity index (χ3n) is 3.61. The number of carbonyl (C=O) groups is 1. The Bertz CT molecular complexity index is 955. The Morgan fingerprint density at radius 3 is 2.96 bits per heavy atom. The fourth-order valence-corrected chi connectivity index (χ4v) is 2.91.